The summed E-state index contributed by atoms with van der Waals surface area (Å²) < 4.78 is 0. The predicted octanol–water partition coefficient (Wildman–Crippen LogP) is 3.10. The number of pyridine rings is 1. The van der Waals surface area contributed by atoms with Gasteiger partial charge >= 0.3 is 0 Å². The fourth-order valence-electron chi connectivity index (χ4n) is 1.89. The molecular weight excluding hydrogens is 208 g/mol. The summed E-state index contributed by atoms with van der Waals surface area (Å²) in [7, 11) is 0. The Morgan fingerprint density at radius 1 is 1.41 bits per heavy atom. The summed E-state index contributed by atoms with van der Waals surface area (Å²) in [6.07, 6.45) is 6.87. The molecule has 1 rings (SSSR count). The lowest BCUT2D eigenvalue weighted by molar-refractivity contribution is 0.538. The minimum atomic E-state index is 0.334. The van der Waals surface area contributed by atoms with Crippen LogP contribution in [0.1, 0.15) is 50.8 Å². The van der Waals surface area contributed by atoms with Crippen LogP contribution in [0.25, 0.3) is 0 Å². The minimum absolute atomic E-state index is 0.334. The molecule has 1 aromatic heterocycles. The molecule has 2 nitrogen and oxygen atoms in total. The Bertz CT molecular complexity index is 387. The van der Waals surface area contributed by atoms with E-state index in [2.05, 4.69) is 42.1 Å². The SMILES string of the molecule is CC#CCC(NCCC)c1ccncc1CC. The van der Waals surface area contributed by atoms with E-state index in [9.17, 15) is 0 Å². The summed E-state index contributed by atoms with van der Waals surface area (Å²) in [4.78, 5) is 4.20. The van der Waals surface area contributed by atoms with E-state index in [1.807, 2.05) is 19.3 Å². The Labute approximate surface area is 105 Å². The van der Waals surface area contributed by atoms with E-state index in [0.717, 1.165) is 25.8 Å². The van der Waals surface area contributed by atoms with Crippen LogP contribution in [-0.4, -0.2) is 11.5 Å². The molecule has 0 spiro atoms. The Balaban J connectivity index is 2.88. The molecule has 0 aliphatic rings. The predicted molar refractivity (Wildman–Crippen MR) is 72.7 cm³/mol. The highest BCUT2D eigenvalue weighted by molar-refractivity contribution is 5.28. The van der Waals surface area contributed by atoms with Gasteiger partial charge in [-0.1, -0.05) is 13.8 Å². The first-order valence-electron chi connectivity index (χ1n) is 6.39. The van der Waals surface area contributed by atoms with Crippen molar-refractivity contribution in [2.45, 2.75) is 46.1 Å². The lowest BCUT2D eigenvalue weighted by Crippen LogP contribution is -2.23. The fourth-order valence-corrected chi connectivity index (χ4v) is 1.89. The lowest BCUT2D eigenvalue weighted by atomic mass is 9.98. The van der Waals surface area contributed by atoms with E-state index < -0.39 is 0 Å². The molecule has 0 fully saturated rings. The van der Waals surface area contributed by atoms with Crippen LogP contribution in [0, 0.1) is 11.8 Å². The van der Waals surface area contributed by atoms with Gasteiger partial charge in [-0.3, -0.25) is 4.98 Å². The number of hydrogen-bond donors (Lipinski definition) is 1. The Hall–Kier alpha value is -1.33. The first-order chi connectivity index (χ1) is 8.33. The molecule has 1 unspecified atom stereocenters. The summed E-state index contributed by atoms with van der Waals surface area (Å²) >= 11 is 0. The summed E-state index contributed by atoms with van der Waals surface area (Å²) in [5.41, 5.74) is 2.66. The first-order valence-corrected chi connectivity index (χ1v) is 6.39. The van der Waals surface area contributed by atoms with Gasteiger partial charge in [-0.2, -0.15) is 0 Å². The summed E-state index contributed by atoms with van der Waals surface area (Å²) in [6.45, 7) is 7.28. The average molecular weight is 230 g/mol. The highest BCUT2D eigenvalue weighted by atomic mass is 14.9. The standard InChI is InChI=1S/C15H22N2/c1-4-7-8-15(17-10-5-2)14-9-11-16-12-13(14)6-3/h9,11-12,15,17H,5-6,8,10H2,1-3H3. The van der Waals surface area contributed by atoms with Crippen LogP contribution in [0.2, 0.25) is 0 Å². The van der Waals surface area contributed by atoms with Gasteiger partial charge in [-0.05, 0) is 43.5 Å². The van der Waals surface area contributed by atoms with Crippen molar-refractivity contribution in [2.24, 2.45) is 0 Å². The quantitative estimate of drug-likeness (QED) is 0.760. The highest BCUT2D eigenvalue weighted by Gasteiger charge is 2.12. The van der Waals surface area contributed by atoms with Crippen molar-refractivity contribution in [3.8, 4) is 11.8 Å². The van der Waals surface area contributed by atoms with Crippen molar-refractivity contribution in [1.82, 2.24) is 10.3 Å². The van der Waals surface area contributed by atoms with Gasteiger partial charge < -0.3 is 5.32 Å². The van der Waals surface area contributed by atoms with Crippen LogP contribution >= 0.6 is 0 Å². The normalized spacial score (nSPS) is 11.7. The lowest BCUT2D eigenvalue weighted by Gasteiger charge is -2.19. The number of hydrogen-bond acceptors (Lipinski definition) is 2. The Morgan fingerprint density at radius 2 is 2.24 bits per heavy atom. The molecule has 0 saturated heterocycles. The molecule has 1 heterocycles. The summed E-state index contributed by atoms with van der Waals surface area (Å²) in [6, 6.07) is 2.45. The topological polar surface area (TPSA) is 24.9 Å². The second-order valence-electron chi connectivity index (χ2n) is 4.07. The maximum absolute atomic E-state index is 4.20. The van der Waals surface area contributed by atoms with Crippen molar-refractivity contribution >= 4 is 0 Å². The molecule has 1 aromatic rings. The molecule has 0 aromatic carbocycles. The molecule has 1 atom stereocenters. The van der Waals surface area contributed by atoms with E-state index in [4.69, 9.17) is 0 Å². The van der Waals surface area contributed by atoms with Crippen molar-refractivity contribution in [1.29, 1.82) is 0 Å². The zero-order valence-electron chi connectivity index (χ0n) is 11.1. The molecule has 0 amide bonds. The van der Waals surface area contributed by atoms with Crippen molar-refractivity contribution in [3.63, 3.8) is 0 Å². The van der Waals surface area contributed by atoms with Gasteiger partial charge in [0.2, 0.25) is 0 Å². The number of nitrogens with one attached hydrogen (secondary N) is 1. The zero-order valence-corrected chi connectivity index (χ0v) is 11.1. The zero-order chi connectivity index (χ0) is 12.5. The largest absolute Gasteiger partial charge is 0.309 e. The maximum atomic E-state index is 4.20. The minimum Gasteiger partial charge on any atom is -0.309 e. The molecule has 0 bridgehead atoms. The molecule has 0 radical (unpaired) electrons. The van der Waals surface area contributed by atoms with Crippen molar-refractivity contribution in [3.05, 3.63) is 29.6 Å². The van der Waals surface area contributed by atoms with Crippen LogP contribution in [0.4, 0.5) is 0 Å². The van der Waals surface area contributed by atoms with Gasteiger partial charge in [-0.15, -0.1) is 11.8 Å². The third-order valence-corrected chi connectivity index (χ3v) is 2.82. The third-order valence-electron chi connectivity index (χ3n) is 2.82. The van der Waals surface area contributed by atoms with Gasteiger partial charge in [-0.25, -0.2) is 0 Å². The summed E-state index contributed by atoms with van der Waals surface area (Å²) in [5.74, 6) is 6.15. The van der Waals surface area contributed by atoms with Crippen molar-refractivity contribution in [2.75, 3.05) is 6.54 Å². The number of rotatable bonds is 6. The van der Waals surface area contributed by atoms with Crippen molar-refractivity contribution < 1.29 is 0 Å². The van der Waals surface area contributed by atoms with Gasteiger partial charge in [0.15, 0.2) is 0 Å². The van der Waals surface area contributed by atoms with Gasteiger partial charge in [0.25, 0.3) is 0 Å². The number of aromatic nitrogens is 1. The van der Waals surface area contributed by atoms with Crippen LogP contribution in [0.5, 0.6) is 0 Å². The highest BCUT2D eigenvalue weighted by Crippen LogP contribution is 2.20. The molecule has 92 valence electrons. The van der Waals surface area contributed by atoms with Gasteiger partial charge in [0.1, 0.15) is 0 Å². The molecule has 1 N–H and O–H groups in total. The van der Waals surface area contributed by atoms with Gasteiger partial charge in [0.05, 0.1) is 0 Å². The monoisotopic (exact) mass is 230 g/mol. The molecule has 2 heteroatoms. The Kier molecular flexibility index (Phi) is 6.35. The van der Waals surface area contributed by atoms with E-state index in [1.165, 1.54) is 11.1 Å². The molecule has 17 heavy (non-hydrogen) atoms. The third kappa shape index (κ3) is 4.20. The first kappa shape index (κ1) is 13.7. The maximum Gasteiger partial charge on any atom is 0.0434 e. The van der Waals surface area contributed by atoms with E-state index >= 15 is 0 Å². The Morgan fingerprint density at radius 3 is 2.88 bits per heavy atom. The summed E-state index contributed by atoms with van der Waals surface area (Å²) in [5, 5.41) is 3.56. The number of aryl methyl sites for hydroxylation is 1. The molecule has 0 saturated carbocycles. The number of nitrogens with zero attached hydrogens (tertiary/aromatic N) is 1. The van der Waals surface area contributed by atoms with Crippen LogP contribution < -0.4 is 5.32 Å². The fraction of sp³-hybridized carbons (Fsp3) is 0.533. The second kappa shape index (κ2) is 7.86. The van der Waals surface area contributed by atoms with Crippen LogP contribution in [0.3, 0.4) is 0 Å². The molecule has 0 aliphatic carbocycles. The van der Waals surface area contributed by atoms with E-state index in [-0.39, 0.29) is 0 Å². The second-order valence-corrected chi connectivity index (χ2v) is 4.07. The van der Waals surface area contributed by atoms with Gasteiger partial charge in [0, 0.05) is 24.9 Å². The smallest absolute Gasteiger partial charge is 0.0434 e. The average Bonchev–Trinajstić information content (AvgIpc) is 2.39. The van der Waals surface area contributed by atoms with Crippen LogP contribution in [0.15, 0.2) is 18.5 Å². The van der Waals surface area contributed by atoms with E-state index in [1.54, 1.807) is 0 Å². The molecule has 0 aliphatic heterocycles. The molecular formula is C15H22N2. The van der Waals surface area contributed by atoms with E-state index in [0.29, 0.717) is 6.04 Å². The van der Waals surface area contributed by atoms with Crippen LogP contribution in [-0.2, 0) is 6.42 Å².